The van der Waals surface area contributed by atoms with Gasteiger partial charge in [-0.3, -0.25) is 4.79 Å². The zero-order valence-corrected chi connectivity index (χ0v) is 12.4. The van der Waals surface area contributed by atoms with E-state index in [9.17, 15) is 9.59 Å². The average Bonchev–Trinajstić information content (AvgIpc) is 2.38. The Labute approximate surface area is 119 Å². The summed E-state index contributed by atoms with van der Waals surface area (Å²) in [5.41, 5.74) is 7.22. The van der Waals surface area contributed by atoms with Gasteiger partial charge in [-0.2, -0.15) is 0 Å². The van der Waals surface area contributed by atoms with E-state index in [2.05, 4.69) is 0 Å². The van der Waals surface area contributed by atoms with Gasteiger partial charge in [0, 0.05) is 5.56 Å². The molecule has 0 saturated carbocycles. The summed E-state index contributed by atoms with van der Waals surface area (Å²) in [6, 6.07) is 3.31. The summed E-state index contributed by atoms with van der Waals surface area (Å²) in [7, 11) is 0. The average molecular weight is 279 g/mol. The summed E-state index contributed by atoms with van der Waals surface area (Å²) in [4.78, 5) is 23.0. The molecule has 20 heavy (non-hydrogen) atoms. The number of amides is 1. The SMILES string of the molecule is CCOC(=O)C(CC)Oc1c(C)cc(C(N)=O)cc1C. The van der Waals surface area contributed by atoms with Crippen LogP contribution in [0.15, 0.2) is 12.1 Å². The quantitative estimate of drug-likeness (QED) is 0.809. The van der Waals surface area contributed by atoms with Crippen molar-refractivity contribution in [2.24, 2.45) is 5.73 Å². The Morgan fingerprint density at radius 2 is 1.75 bits per heavy atom. The van der Waals surface area contributed by atoms with Gasteiger partial charge in [-0.1, -0.05) is 6.92 Å². The lowest BCUT2D eigenvalue weighted by Crippen LogP contribution is -2.29. The van der Waals surface area contributed by atoms with Gasteiger partial charge in [0.05, 0.1) is 6.61 Å². The van der Waals surface area contributed by atoms with E-state index in [-0.39, 0.29) is 5.97 Å². The van der Waals surface area contributed by atoms with Crippen LogP contribution in [0, 0.1) is 13.8 Å². The second-order valence-electron chi connectivity index (χ2n) is 4.57. The monoisotopic (exact) mass is 279 g/mol. The standard InChI is InChI=1S/C15H21NO4/c1-5-12(15(18)19-6-2)20-13-9(3)7-11(14(16)17)8-10(13)4/h7-8,12H,5-6H2,1-4H3,(H2,16,17). The number of hydrogen-bond acceptors (Lipinski definition) is 4. The topological polar surface area (TPSA) is 78.6 Å². The molecular formula is C15H21NO4. The number of primary amides is 1. The third-order valence-corrected chi connectivity index (χ3v) is 2.93. The highest BCUT2D eigenvalue weighted by Gasteiger charge is 2.21. The van der Waals surface area contributed by atoms with Crippen molar-refractivity contribution in [3.05, 3.63) is 28.8 Å². The molecule has 1 aromatic rings. The molecule has 0 saturated heterocycles. The Hall–Kier alpha value is -2.04. The lowest BCUT2D eigenvalue weighted by Gasteiger charge is -2.19. The van der Waals surface area contributed by atoms with Crippen LogP contribution in [0.5, 0.6) is 5.75 Å². The van der Waals surface area contributed by atoms with E-state index in [4.69, 9.17) is 15.2 Å². The van der Waals surface area contributed by atoms with Crippen molar-refractivity contribution >= 4 is 11.9 Å². The van der Waals surface area contributed by atoms with Crippen molar-refractivity contribution in [2.45, 2.75) is 40.2 Å². The number of esters is 1. The minimum Gasteiger partial charge on any atom is -0.478 e. The third-order valence-electron chi connectivity index (χ3n) is 2.93. The largest absolute Gasteiger partial charge is 0.478 e. The molecule has 1 aromatic carbocycles. The minimum absolute atomic E-state index is 0.317. The molecule has 1 atom stereocenters. The molecular weight excluding hydrogens is 258 g/mol. The molecule has 0 aliphatic heterocycles. The Kier molecular flexibility index (Phi) is 5.55. The summed E-state index contributed by atoms with van der Waals surface area (Å²) in [5, 5.41) is 0. The molecule has 110 valence electrons. The molecule has 2 N–H and O–H groups in total. The second kappa shape index (κ2) is 6.93. The van der Waals surface area contributed by atoms with Crippen LogP contribution in [-0.2, 0) is 9.53 Å². The van der Waals surface area contributed by atoms with Crippen molar-refractivity contribution in [2.75, 3.05) is 6.61 Å². The van der Waals surface area contributed by atoms with E-state index >= 15 is 0 Å². The Bertz CT molecular complexity index is 488. The number of carbonyl (C=O) groups excluding carboxylic acids is 2. The molecule has 0 aromatic heterocycles. The normalized spacial score (nSPS) is 11.8. The molecule has 1 rings (SSSR count). The van der Waals surface area contributed by atoms with Crippen LogP contribution in [0.2, 0.25) is 0 Å². The van der Waals surface area contributed by atoms with Gasteiger partial charge in [-0.15, -0.1) is 0 Å². The molecule has 0 heterocycles. The van der Waals surface area contributed by atoms with Crippen molar-refractivity contribution in [1.29, 1.82) is 0 Å². The number of benzene rings is 1. The summed E-state index contributed by atoms with van der Waals surface area (Å²) < 4.78 is 10.7. The van der Waals surface area contributed by atoms with Gasteiger partial charge < -0.3 is 15.2 Å². The number of carbonyl (C=O) groups is 2. The molecule has 5 nitrogen and oxygen atoms in total. The van der Waals surface area contributed by atoms with Gasteiger partial charge in [0.1, 0.15) is 5.75 Å². The van der Waals surface area contributed by atoms with Crippen molar-refractivity contribution in [1.82, 2.24) is 0 Å². The zero-order chi connectivity index (χ0) is 15.3. The molecule has 0 radical (unpaired) electrons. The number of hydrogen-bond donors (Lipinski definition) is 1. The lowest BCUT2D eigenvalue weighted by molar-refractivity contribution is -0.151. The van der Waals surface area contributed by atoms with Crippen LogP contribution in [0.4, 0.5) is 0 Å². The van der Waals surface area contributed by atoms with Gasteiger partial charge >= 0.3 is 5.97 Å². The number of nitrogens with two attached hydrogens (primary N) is 1. The first-order valence-electron chi connectivity index (χ1n) is 6.65. The molecule has 0 fully saturated rings. The van der Waals surface area contributed by atoms with E-state index in [0.717, 1.165) is 11.1 Å². The summed E-state index contributed by atoms with van der Waals surface area (Å²) in [5.74, 6) is -0.275. The van der Waals surface area contributed by atoms with E-state index in [1.165, 1.54) is 0 Å². The predicted molar refractivity (Wildman–Crippen MR) is 75.8 cm³/mol. The van der Waals surface area contributed by atoms with E-state index in [0.29, 0.717) is 24.3 Å². The van der Waals surface area contributed by atoms with Crippen LogP contribution >= 0.6 is 0 Å². The first-order chi connectivity index (χ1) is 9.40. The Morgan fingerprint density at radius 3 is 2.15 bits per heavy atom. The third kappa shape index (κ3) is 3.73. The second-order valence-corrected chi connectivity index (χ2v) is 4.57. The molecule has 1 unspecified atom stereocenters. The van der Waals surface area contributed by atoms with Gasteiger partial charge in [0.25, 0.3) is 0 Å². The maximum absolute atomic E-state index is 11.8. The van der Waals surface area contributed by atoms with E-state index in [1.807, 2.05) is 20.8 Å². The number of aryl methyl sites for hydroxylation is 2. The van der Waals surface area contributed by atoms with Crippen LogP contribution in [0.1, 0.15) is 41.8 Å². The minimum atomic E-state index is -0.647. The highest BCUT2D eigenvalue weighted by atomic mass is 16.6. The Morgan fingerprint density at radius 1 is 1.20 bits per heavy atom. The maximum atomic E-state index is 11.8. The highest BCUT2D eigenvalue weighted by molar-refractivity contribution is 5.93. The molecule has 0 spiro atoms. The Balaban J connectivity index is 3.02. The van der Waals surface area contributed by atoms with Crippen molar-refractivity contribution in [3.63, 3.8) is 0 Å². The fourth-order valence-corrected chi connectivity index (χ4v) is 1.95. The molecule has 0 bridgehead atoms. The van der Waals surface area contributed by atoms with Gasteiger partial charge in [-0.25, -0.2) is 4.79 Å². The molecule has 5 heteroatoms. The lowest BCUT2D eigenvalue weighted by atomic mass is 10.1. The van der Waals surface area contributed by atoms with Gasteiger partial charge in [0.15, 0.2) is 6.10 Å². The van der Waals surface area contributed by atoms with Gasteiger partial charge in [-0.05, 0) is 50.5 Å². The van der Waals surface area contributed by atoms with Crippen LogP contribution < -0.4 is 10.5 Å². The fraction of sp³-hybridized carbons (Fsp3) is 0.467. The van der Waals surface area contributed by atoms with Crippen LogP contribution in [0.3, 0.4) is 0 Å². The summed E-state index contributed by atoms with van der Waals surface area (Å²) in [6.07, 6.45) is -0.137. The number of ether oxygens (including phenoxy) is 2. The first kappa shape index (κ1) is 16.0. The van der Waals surface area contributed by atoms with Gasteiger partial charge in [0.2, 0.25) is 5.91 Å². The molecule has 0 aliphatic carbocycles. The zero-order valence-electron chi connectivity index (χ0n) is 12.4. The van der Waals surface area contributed by atoms with Crippen molar-refractivity contribution in [3.8, 4) is 5.75 Å². The number of rotatable bonds is 6. The maximum Gasteiger partial charge on any atom is 0.347 e. The summed E-state index contributed by atoms with van der Waals surface area (Å²) >= 11 is 0. The highest BCUT2D eigenvalue weighted by Crippen LogP contribution is 2.26. The van der Waals surface area contributed by atoms with Crippen LogP contribution in [-0.4, -0.2) is 24.6 Å². The smallest absolute Gasteiger partial charge is 0.347 e. The van der Waals surface area contributed by atoms with Crippen molar-refractivity contribution < 1.29 is 19.1 Å². The first-order valence-corrected chi connectivity index (χ1v) is 6.65. The van der Waals surface area contributed by atoms with E-state index in [1.54, 1.807) is 19.1 Å². The molecule has 1 amide bonds. The summed E-state index contributed by atoms with van der Waals surface area (Å²) in [6.45, 7) is 7.55. The predicted octanol–water partition coefficient (Wildman–Crippen LogP) is 2.12. The molecule has 0 aliphatic rings. The van der Waals surface area contributed by atoms with E-state index < -0.39 is 12.0 Å². The van der Waals surface area contributed by atoms with Crippen LogP contribution in [0.25, 0.3) is 0 Å². The fourth-order valence-electron chi connectivity index (χ4n) is 1.95.